The number of hydrogen-bond donors (Lipinski definition) is 0. The van der Waals surface area contributed by atoms with Gasteiger partial charge < -0.3 is 9.64 Å². The summed E-state index contributed by atoms with van der Waals surface area (Å²) < 4.78 is 5.40. The van der Waals surface area contributed by atoms with Crippen LogP contribution in [-0.4, -0.2) is 41.0 Å². The SMILES string of the molecule is O=C(OCCCc1cccnc1)C1CCCN1C(=O)c1cccs1. The van der Waals surface area contributed by atoms with E-state index in [1.807, 2.05) is 29.8 Å². The summed E-state index contributed by atoms with van der Waals surface area (Å²) in [4.78, 5) is 31.2. The van der Waals surface area contributed by atoms with E-state index in [1.54, 1.807) is 17.2 Å². The molecule has 1 fully saturated rings. The first-order valence-electron chi connectivity index (χ1n) is 8.16. The third-order valence-corrected chi connectivity index (χ3v) is 4.95. The zero-order valence-electron chi connectivity index (χ0n) is 13.4. The van der Waals surface area contributed by atoms with Gasteiger partial charge in [-0.15, -0.1) is 11.3 Å². The number of pyridine rings is 1. The fourth-order valence-corrected chi connectivity index (χ4v) is 3.57. The number of nitrogens with zero attached hydrogens (tertiary/aromatic N) is 2. The molecule has 0 radical (unpaired) electrons. The lowest BCUT2D eigenvalue weighted by Gasteiger charge is -2.22. The van der Waals surface area contributed by atoms with Crippen LogP contribution in [0.5, 0.6) is 0 Å². The quantitative estimate of drug-likeness (QED) is 0.597. The summed E-state index contributed by atoms with van der Waals surface area (Å²) in [6.07, 6.45) is 6.65. The number of amides is 1. The van der Waals surface area contributed by atoms with E-state index in [0.717, 1.165) is 24.8 Å². The van der Waals surface area contributed by atoms with Crippen LogP contribution >= 0.6 is 11.3 Å². The summed E-state index contributed by atoms with van der Waals surface area (Å²) >= 11 is 1.40. The van der Waals surface area contributed by atoms with Crippen molar-refractivity contribution in [2.45, 2.75) is 31.7 Å². The van der Waals surface area contributed by atoms with Crippen LogP contribution in [0.15, 0.2) is 42.0 Å². The first-order chi connectivity index (χ1) is 11.8. The van der Waals surface area contributed by atoms with E-state index in [1.165, 1.54) is 11.3 Å². The number of esters is 1. The average Bonchev–Trinajstić information content (AvgIpc) is 3.30. The van der Waals surface area contributed by atoms with Crippen LogP contribution in [0.25, 0.3) is 0 Å². The molecule has 0 saturated carbocycles. The molecule has 1 atom stereocenters. The van der Waals surface area contributed by atoms with Crippen LogP contribution in [0.3, 0.4) is 0 Å². The third-order valence-electron chi connectivity index (χ3n) is 4.09. The molecule has 0 N–H and O–H groups in total. The number of carbonyl (C=O) groups is 2. The highest BCUT2D eigenvalue weighted by atomic mass is 32.1. The van der Waals surface area contributed by atoms with Crippen molar-refractivity contribution < 1.29 is 14.3 Å². The Bertz CT molecular complexity index is 673. The molecule has 1 amide bonds. The maximum atomic E-state index is 12.5. The van der Waals surface area contributed by atoms with Crippen molar-refractivity contribution in [3.63, 3.8) is 0 Å². The minimum Gasteiger partial charge on any atom is -0.464 e. The number of carbonyl (C=O) groups excluding carboxylic acids is 2. The molecule has 126 valence electrons. The number of aromatic nitrogens is 1. The Morgan fingerprint density at radius 2 is 2.25 bits per heavy atom. The van der Waals surface area contributed by atoms with Gasteiger partial charge in [-0.25, -0.2) is 4.79 Å². The molecule has 1 saturated heterocycles. The molecule has 2 aromatic rings. The van der Waals surface area contributed by atoms with Crippen LogP contribution in [0.4, 0.5) is 0 Å². The Morgan fingerprint density at radius 3 is 3.00 bits per heavy atom. The van der Waals surface area contributed by atoms with Crippen LogP contribution in [0.2, 0.25) is 0 Å². The monoisotopic (exact) mass is 344 g/mol. The molecule has 0 aromatic carbocycles. The van der Waals surface area contributed by atoms with E-state index in [4.69, 9.17) is 4.74 Å². The maximum absolute atomic E-state index is 12.5. The smallest absolute Gasteiger partial charge is 0.328 e. The summed E-state index contributed by atoms with van der Waals surface area (Å²) in [5.74, 6) is -0.358. The minimum absolute atomic E-state index is 0.0696. The van der Waals surface area contributed by atoms with Gasteiger partial charge in [-0.1, -0.05) is 12.1 Å². The fourth-order valence-electron chi connectivity index (χ4n) is 2.89. The van der Waals surface area contributed by atoms with Crippen LogP contribution in [0.1, 0.15) is 34.5 Å². The Labute approximate surface area is 145 Å². The van der Waals surface area contributed by atoms with E-state index in [-0.39, 0.29) is 11.9 Å². The lowest BCUT2D eigenvalue weighted by molar-refractivity contribution is -0.148. The van der Waals surface area contributed by atoms with Gasteiger partial charge in [-0.2, -0.15) is 0 Å². The maximum Gasteiger partial charge on any atom is 0.328 e. The number of ether oxygens (including phenoxy) is 1. The lowest BCUT2D eigenvalue weighted by atomic mass is 10.2. The molecular formula is C18H20N2O3S. The van der Waals surface area contributed by atoms with Crippen molar-refractivity contribution >= 4 is 23.2 Å². The van der Waals surface area contributed by atoms with E-state index in [2.05, 4.69) is 4.98 Å². The largest absolute Gasteiger partial charge is 0.464 e. The highest BCUT2D eigenvalue weighted by Gasteiger charge is 2.35. The first kappa shape index (κ1) is 16.6. The van der Waals surface area contributed by atoms with Crippen molar-refractivity contribution in [1.82, 2.24) is 9.88 Å². The Kier molecular flexibility index (Phi) is 5.59. The van der Waals surface area contributed by atoms with Gasteiger partial charge in [-0.05, 0) is 48.8 Å². The van der Waals surface area contributed by atoms with E-state index < -0.39 is 6.04 Å². The highest BCUT2D eigenvalue weighted by Crippen LogP contribution is 2.23. The van der Waals surface area contributed by atoms with E-state index in [9.17, 15) is 9.59 Å². The van der Waals surface area contributed by atoms with Crippen molar-refractivity contribution in [3.05, 3.63) is 52.5 Å². The van der Waals surface area contributed by atoms with Gasteiger partial charge in [-0.3, -0.25) is 9.78 Å². The van der Waals surface area contributed by atoms with Crippen LogP contribution < -0.4 is 0 Å². The van der Waals surface area contributed by atoms with Crippen LogP contribution in [0, 0.1) is 0 Å². The number of aryl methyl sites for hydroxylation is 1. The van der Waals surface area contributed by atoms with Gasteiger partial charge in [0.15, 0.2) is 0 Å². The molecule has 0 spiro atoms. The zero-order chi connectivity index (χ0) is 16.8. The fraction of sp³-hybridized carbons (Fsp3) is 0.389. The second-order valence-electron chi connectivity index (χ2n) is 5.77. The standard InChI is InChI=1S/C18H20N2O3S/c21-17(16-8-4-12-24-16)20-10-2-7-15(20)18(22)23-11-3-6-14-5-1-9-19-13-14/h1,4-5,8-9,12-13,15H,2-3,6-7,10-11H2. The van der Waals surface area contributed by atoms with Crippen molar-refractivity contribution in [1.29, 1.82) is 0 Å². The number of thiophene rings is 1. The molecule has 3 rings (SSSR count). The lowest BCUT2D eigenvalue weighted by Crippen LogP contribution is -2.41. The molecule has 1 aliphatic rings. The number of rotatable bonds is 6. The summed E-state index contributed by atoms with van der Waals surface area (Å²) in [7, 11) is 0. The number of likely N-dealkylation sites (tertiary alicyclic amines) is 1. The third kappa shape index (κ3) is 4.00. The summed E-state index contributed by atoms with van der Waals surface area (Å²) in [5, 5.41) is 1.87. The summed E-state index contributed by atoms with van der Waals surface area (Å²) in [6.45, 7) is 0.984. The van der Waals surface area contributed by atoms with Crippen molar-refractivity contribution in [3.8, 4) is 0 Å². The average molecular weight is 344 g/mol. The predicted octanol–water partition coefficient (Wildman–Crippen LogP) is 2.92. The molecule has 0 bridgehead atoms. The van der Waals surface area contributed by atoms with E-state index >= 15 is 0 Å². The first-order valence-corrected chi connectivity index (χ1v) is 9.03. The van der Waals surface area contributed by atoms with E-state index in [0.29, 0.717) is 24.4 Å². The second kappa shape index (κ2) is 8.06. The second-order valence-corrected chi connectivity index (χ2v) is 6.71. The topological polar surface area (TPSA) is 59.5 Å². The van der Waals surface area contributed by atoms with Crippen LogP contribution in [-0.2, 0) is 16.0 Å². The summed E-state index contributed by atoms with van der Waals surface area (Å²) in [5.41, 5.74) is 1.13. The Morgan fingerprint density at radius 1 is 1.33 bits per heavy atom. The summed E-state index contributed by atoms with van der Waals surface area (Å²) in [6, 6.07) is 7.10. The molecule has 3 heterocycles. The normalized spacial score (nSPS) is 17.0. The van der Waals surface area contributed by atoms with Crippen molar-refractivity contribution in [2.24, 2.45) is 0 Å². The molecule has 24 heavy (non-hydrogen) atoms. The van der Waals surface area contributed by atoms with Gasteiger partial charge in [0, 0.05) is 18.9 Å². The van der Waals surface area contributed by atoms with Gasteiger partial charge in [0.2, 0.25) is 0 Å². The van der Waals surface area contributed by atoms with Gasteiger partial charge in [0.1, 0.15) is 6.04 Å². The molecule has 5 nitrogen and oxygen atoms in total. The molecular weight excluding hydrogens is 324 g/mol. The van der Waals surface area contributed by atoms with Gasteiger partial charge in [0.05, 0.1) is 11.5 Å². The Hall–Kier alpha value is -2.21. The minimum atomic E-state index is -0.446. The molecule has 1 unspecified atom stereocenters. The Balaban J connectivity index is 1.48. The van der Waals surface area contributed by atoms with Gasteiger partial charge >= 0.3 is 5.97 Å². The molecule has 2 aromatic heterocycles. The highest BCUT2D eigenvalue weighted by molar-refractivity contribution is 7.12. The molecule has 1 aliphatic heterocycles. The van der Waals surface area contributed by atoms with Gasteiger partial charge in [0.25, 0.3) is 5.91 Å². The molecule has 6 heteroatoms. The predicted molar refractivity (Wildman–Crippen MR) is 91.9 cm³/mol. The zero-order valence-corrected chi connectivity index (χ0v) is 14.2. The molecule has 0 aliphatic carbocycles. The number of hydrogen-bond acceptors (Lipinski definition) is 5. The van der Waals surface area contributed by atoms with Crippen molar-refractivity contribution in [2.75, 3.05) is 13.2 Å².